The number of carbonyl (C=O) groups is 2. The largest absolute Gasteiger partial charge is 0.502 e. The number of carboxylic acids is 1. The molecule has 1 saturated carbocycles. The molecule has 0 spiro atoms. The first kappa shape index (κ1) is 17.1. The quantitative estimate of drug-likeness (QED) is 0.615. The van der Waals surface area contributed by atoms with E-state index >= 15 is 0 Å². The van der Waals surface area contributed by atoms with Crippen LogP contribution in [0, 0.1) is 11.8 Å². The Morgan fingerprint density at radius 1 is 1.04 bits per heavy atom. The lowest BCUT2D eigenvalue weighted by Gasteiger charge is -2.27. The molecule has 124 valence electrons. The van der Waals surface area contributed by atoms with Crippen molar-refractivity contribution in [2.45, 2.75) is 25.7 Å². The number of benzene rings is 1. The van der Waals surface area contributed by atoms with Crippen molar-refractivity contribution in [1.82, 2.24) is 0 Å². The van der Waals surface area contributed by atoms with Crippen molar-refractivity contribution in [3.63, 3.8) is 0 Å². The summed E-state index contributed by atoms with van der Waals surface area (Å²) in [6.45, 7) is 4.67. The third kappa shape index (κ3) is 5.13. The van der Waals surface area contributed by atoms with E-state index in [1.807, 2.05) is 0 Å². The second-order valence-corrected chi connectivity index (χ2v) is 5.87. The van der Waals surface area contributed by atoms with E-state index in [9.17, 15) is 9.59 Å². The average molecular weight is 318 g/mol. The zero-order chi connectivity index (χ0) is 16.7. The van der Waals surface area contributed by atoms with E-state index in [2.05, 4.69) is 6.58 Å². The number of hydrogen-bond donors (Lipinski definition) is 1. The molecule has 1 aliphatic rings. The Labute approximate surface area is 135 Å². The molecule has 0 aliphatic heterocycles. The van der Waals surface area contributed by atoms with Gasteiger partial charge in [0, 0.05) is 0 Å². The lowest BCUT2D eigenvalue weighted by atomic mass is 9.83. The van der Waals surface area contributed by atoms with Crippen LogP contribution in [0.25, 0.3) is 0 Å². The van der Waals surface area contributed by atoms with E-state index in [1.54, 1.807) is 0 Å². The summed E-state index contributed by atoms with van der Waals surface area (Å²) in [6, 6.07) is 5.78. The molecular weight excluding hydrogens is 296 g/mol. The Kier molecular flexibility index (Phi) is 6.20. The van der Waals surface area contributed by atoms with Gasteiger partial charge in [-0.15, -0.1) is 0 Å². The Balaban J connectivity index is 1.74. The van der Waals surface area contributed by atoms with Crippen molar-refractivity contribution < 1.29 is 24.2 Å². The highest BCUT2D eigenvalue weighted by Gasteiger charge is 2.22. The van der Waals surface area contributed by atoms with Gasteiger partial charge in [-0.05, 0) is 61.8 Å². The highest BCUT2D eigenvalue weighted by Crippen LogP contribution is 2.29. The van der Waals surface area contributed by atoms with Gasteiger partial charge in [0.25, 0.3) is 0 Å². The molecule has 5 heteroatoms. The molecule has 0 atom stereocenters. The van der Waals surface area contributed by atoms with Crippen LogP contribution in [0.2, 0.25) is 0 Å². The Morgan fingerprint density at radius 2 is 1.57 bits per heavy atom. The minimum Gasteiger partial charge on any atom is -0.502 e. The van der Waals surface area contributed by atoms with Crippen LogP contribution < -0.4 is 0 Å². The van der Waals surface area contributed by atoms with E-state index in [1.165, 1.54) is 30.5 Å². The van der Waals surface area contributed by atoms with Crippen LogP contribution >= 0.6 is 0 Å². The van der Waals surface area contributed by atoms with Crippen molar-refractivity contribution in [3.8, 4) is 0 Å². The van der Waals surface area contributed by atoms with Crippen LogP contribution in [-0.4, -0.2) is 30.3 Å². The molecule has 1 aromatic rings. The Hall–Kier alpha value is -2.30. The van der Waals surface area contributed by atoms with Gasteiger partial charge in [0.1, 0.15) is 0 Å². The molecule has 23 heavy (non-hydrogen) atoms. The fraction of sp³-hybridized carbons (Fsp3) is 0.444. The summed E-state index contributed by atoms with van der Waals surface area (Å²) < 4.78 is 10.6. The molecule has 1 N–H and O–H groups in total. The molecule has 5 nitrogen and oxygen atoms in total. The second kappa shape index (κ2) is 8.36. The number of aromatic carboxylic acids is 1. The summed E-state index contributed by atoms with van der Waals surface area (Å²) in [4.78, 5) is 22.7. The molecule has 0 amide bonds. The topological polar surface area (TPSA) is 72.8 Å². The third-order valence-electron chi connectivity index (χ3n) is 4.23. The number of carbonyl (C=O) groups excluding carboxylic acids is 1. The van der Waals surface area contributed by atoms with E-state index in [0.29, 0.717) is 30.6 Å². The first-order chi connectivity index (χ1) is 11.1. The molecule has 2 rings (SSSR count). The van der Waals surface area contributed by atoms with Gasteiger partial charge in [-0.1, -0.05) is 6.58 Å². The second-order valence-electron chi connectivity index (χ2n) is 5.87. The summed E-state index contributed by atoms with van der Waals surface area (Å²) in [5.74, 6) is -0.470. The Bertz CT molecular complexity index is 541. The molecular formula is C18H22O5. The van der Waals surface area contributed by atoms with Crippen LogP contribution in [0.4, 0.5) is 0 Å². The van der Waals surface area contributed by atoms with Crippen molar-refractivity contribution in [3.05, 3.63) is 48.2 Å². The fourth-order valence-electron chi connectivity index (χ4n) is 2.79. The average Bonchev–Trinajstić information content (AvgIpc) is 2.58. The van der Waals surface area contributed by atoms with Gasteiger partial charge in [-0.2, -0.15) is 0 Å². The van der Waals surface area contributed by atoms with Crippen molar-refractivity contribution >= 4 is 11.9 Å². The van der Waals surface area contributed by atoms with Crippen LogP contribution in [0.5, 0.6) is 0 Å². The normalized spacial score (nSPS) is 20.5. The van der Waals surface area contributed by atoms with Crippen LogP contribution in [-0.2, 0) is 9.47 Å². The van der Waals surface area contributed by atoms with Gasteiger partial charge >= 0.3 is 11.9 Å². The number of esters is 1. The predicted molar refractivity (Wildman–Crippen MR) is 85.3 cm³/mol. The molecule has 0 bridgehead atoms. The minimum atomic E-state index is -1.01. The van der Waals surface area contributed by atoms with E-state index in [4.69, 9.17) is 14.6 Å². The van der Waals surface area contributed by atoms with Gasteiger partial charge in [-0.25, -0.2) is 9.59 Å². The summed E-state index contributed by atoms with van der Waals surface area (Å²) in [6.07, 6.45) is 5.67. The van der Waals surface area contributed by atoms with Crippen molar-refractivity contribution in [2.24, 2.45) is 11.8 Å². The van der Waals surface area contributed by atoms with E-state index in [0.717, 1.165) is 25.7 Å². The predicted octanol–water partition coefficient (Wildman–Crippen LogP) is 3.51. The molecule has 1 fully saturated rings. The summed E-state index contributed by atoms with van der Waals surface area (Å²) in [7, 11) is 0. The number of ether oxygens (including phenoxy) is 2. The van der Waals surface area contributed by atoms with Gasteiger partial charge in [0.2, 0.25) is 0 Å². The van der Waals surface area contributed by atoms with E-state index in [-0.39, 0.29) is 5.56 Å². The molecule has 0 radical (unpaired) electrons. The van der Waals surface area contributed by atoms with Gasteiger partial charge < -0.3 is 14.6 Å². The smallest absolute Gasteiger partial charge is 0.338 e. The first-order valence-electron chi connectivity index (χ1n) is 7.83. The Morgan fingerprint density at radius 3 is 2.09 bits per heavy atom. The van der Waals surface area contributed by atoms with Crippen molar-refractivity contribution in [1.29, 1.82) is 0 Å². The van der Waals surface area contributed by atoms with Gasteiger partial charge in [0.15, 0.2) is 0 Å². The van der Waals surface area contributed by atoms with Gasteiger partial charge in [-0.3, -0.25) is 0 Å². The highest BCUT2D eigenvalue weighted by molar-refractivity contribution is 5.92. The first-order valence-corrected chi connectivity index (χ1v) is 7.83. The number of carboxylic acid groups (broad SMARTS) is 1. The molecule has 0 aromatic heterocycles. The third-order valence-corrected chi connectivity index (χ3v) is 4.23. The maximum Gasteiger partial charge on any atom is 0.338 e. The van der Waals surface area contributed by atoms with Gasteiger partial charge in [0.05, 0.1) is 30.6 Å². The lowest BCUT2D eigenvalue weighted by molar-refractivity contribution is 0.0376. The fourth-order valence-corrected chi connectivity index (χ4v) is 2.79. The van der Waals surface area contributed by atoms with E-state index < -0.39 is 11.9 Å². The molecule has 1 aliphatic carbocycles. The van der Waals surface area contributed by atoms with Crippen LogP contribution in [0.1, 0.15) is 46.4 Å². The minimum absolute atomic E-state index is 0.154. The molecule has 0 heterocycles. The molecule has 1 aromatic carbocycles. The summed E-state index contributed by atoms with van der Waals surface area (Å²) >= 11 is 0. The maximum absolute atomic E-state index is 12.0. The van der Waals surface area contributed by atoms with Crippen LogP contribution in [0.3, 0.4) is 0 Å². The number of rotatable bonds is 7. The van der Waals surface area contributed by atoms with Crippen molar-refractivity contribution in [2.75, 3.05) is 13.2 Å². The standard InChI is InChI=1S/C18H22O5/c1-2-22-11-13-3-5-14(6-4-13)12-23-18(21)16-9-7-15(8-10-16)17(19)20/h2,7-10,13-14H,1,3-6,11-12H2,(H,19,20). The molecule has 0 saturated heterocycles. The number of hydrogen-bond acceptors (Lipinski definition) is 4. The lowest BCUT2D eigenvalue weighted by Crippen LogP contribution is -2.22. The zero-order valence-electron chi connectivity index (χ0n) is 13.1. The maximum atomic E-state index is 12.0. The van der Waals surface area contributed by atoms with Crippen LogP contribution in [0.15, 0.2) is 37.1 Å². The SMILES string of the molecule is C=COCC1CCC(COC(=O)c2ccc(C(=O)O)cc2)CC1. The molecule has 0 unspecified atom stereocenters. The summed E-state index contributed by atoms with van der Waals surface area (Å²) in [5, 5.41) is 8.83. The zero-order valence-corrected chi connectivity index (χ0v) is 13.1. The highest BCUT2D eigenvalue weighted by atomic mass is 16.5. The summed E-state index contributed by atoms with van der Waals surface area (Å²) in [5.41, 5.74) is 0.532. The monoisotopic (exact) mass is 318 g/mol.